The lowest BCUT2D eigenvalue weighted by Gasteiger charge is -2.28. The minimum atomic E-state index is -0.829. The van der Waals surface area contributed by atoms with E-state index in [1.165, 1.54) is 0 Å². The average molecular weight is 439 g/mol. The maximum Gasteiger partial charge on any atom is 0.338 e. The molecule has 1 atom stereocenters. The third kappa shape index (κ3) is 4.84. The fourth-order valence-corrected chi connectivity index (χ4v) is 3.57. The Hall–Kier alpha value is -3.43. The molecule has 31 heavy (non-hydrogen) atoms. The molecule has 2 aromatic carbocycles. The number of carbonyl (C=O) groups excluding carboxylic acids is 1. The molecule has 3 rings (SSSR count). The largest absolute Gasteiger partial charge is 0.489 e. The van der Waals surface area contributed by atoms with E-state index in [1.807, 2.05) is 31.2 Å². The van der Waals surface area contributed by atoms with Crippen LogP contribution in [0, 0.1) is 18.3 Å². The van der Waals surface area contributed by atoms with Gasteiger partial charge in [-0.25, -0.2) is 4.79 Å². The second-order valence-corrected chi connectivity index (χ2v) is 7.51. The van der Waals surface area contributed by atoms with Crippen molar-refractivity contribution < 1.29 is 19.0 Å². The lowest BCUT2D eigenvalue weighted by Crippen LogP contribution is -2.26. The zero-order valence-electron chi connectivity index (χ0n) is 17.6. The molecule has 6 nitrogen and oxygen atoms in total. The second-order valence-electron chi connectivity index (χ2n) is 7.07. The van der Waals surface area contributed by atoms with Crippen LogP contribution in [0.5, 0.6) is 5.75 Å². The molecule has 0 radical (unpaired) electrons. The summed E-state index contributed by atoms with van der Waals surface area (Å²) in [5.41, 5.74) is 8.93. The molecule has 1 heterocycles. The van der Waals surface area contributed by atoms with Crippen molar-refractivity contribution in [2.45, 2.75) is 33.3 Å². The van der Waals surface area contributed by atoms with Crippen molar-refractivity contribution in [3.05, 3.63) is 87.0 Å². The van der Waals surface area contributed by atoms with Gasteiger partial charge in [-0.15, -0.1) is 0 Å². The number of hydrogen-bond donors (Lipinski definition) is 1. The highest BCUT2D eigenvalue weighted by molar-refractivity contribution is 6.30. The first kappa shape index (κ1) is 22.3. The van der Waals surface area contributed by atoms with Gasteiger partial charge in [0.1, 0.15) is 29.8 Å². The van der Waals surface area contributed by atoms with Gasteiger partial charge in [-0.3, -0.25) is 0 Å². The molecule has 0 saturated heterocycles. The number of halogens is 1. The second kappa shape index (κ2) is 9.59. The van der Waals surface area contributed by atoms with E-state index in [-0.39, 0.29) is 29.4 Å². The summed E-state index contributed by atoms with van der Waals surface area (Å²) >= 11 is 6.27. The van der Waals surface area contributed by atoms with Gasteiger partial charge in [-0.2, -0.15) is 5.26 Å². The third-order valence-electron chi connectivity index (χ3n) is 4.90. The Morgan fingerprint density at radius 2 is 1.94 bits per heavy atom. The smallest absolute Gasteiger partial charge is 0.338 e. The summed E-state index contributed by atoms with van der Waals surface area (Å²) in [6.07, 6.45) is 0. The molecular weight excluding hydrogens is 416 g/mol. The number of nitriles is 1. The summed E-state index contributed by atoms with van der Waals surface area (Å²) in [5, 5.41) is 10.2. The van der Waals surface area contributed by atoms with E-state index in [9.17, 15) is 10.1 Å². The average Bonchev–Trinajstić information content (AvgIpc) is 2.73. The minimum absolute atomic E-state index is 0.0671. The Balaban J connectivity index is 2.07. The summed E-state index contributed by atoms with van der Waals surface area (Å²) in [7, 11) is 0. The molecule has 1 aliphatic rings. The maximum absolute atomic E-state index is 12.8. The predicted molar refractivity (Wildman–Crippen MR) is 117 cm³/mol. The van der Waals surface area contributed by atoms with Crippen LogP contribution >= 0.6 is 11.6 Å². The number of rotatable bonds is 6. The van der Waals surface area contributed by atoms with Gasteiger partial charge in [0.25, 0.3) is 0 Å². The van der Waals surface area contributed by atoms with Gasteiger partial charge in [0, 0.05) is 10.6 Å². The Labute approximate surface area is 186 Å². The van der Waals surface area contributed by atoms with Gasteiger partial charge in [-0.05, 0) is 44.5 Å². The highest BCUT2D eigenvalue weighted by atomic mass is 35.5. The molecule has 2 aromatic rings. The van der Waals surface area contributed by atoms with Crippen LogP contribution in [0.1, 0.15) is 36.5 Å². The predicted octanol–water partition coefficient (Wildman–Crippen LogP) is 4.87. The number of hydrogen-bond acceptors (Lipinski definition) is 6. The van der Waals surface area contributed by atoms with Crippen LogP contribution in [0.2, 0.25) is 5.02 Å². The van der Waals surface area contributed by atoms with Crippen molar-refractivity contribution in [1.29, 1.82) is 5.26 Å². The fourth-order valence-electron chi connectivity index (χ4n) is 3.39. The SMILES string of the molecule is CCOC(=O)C1=C(C)OC(N)=C(C#N)C1c1cc(Cl)ccc1OCc1ccc(C)cc1. The van der Waals surface area contributed by atoms with Crippen LogP contribution in [0.3, 0.4) is 0 Å². The van der Waals surface area contributed by atoms with Crippen molar-refractivity contribution in [1.82, 2.24) is 0 Å². The number of carbonyl (C=O) groups is 1. The first-order valence-corrected chi connectivity index (χ1v) is 10.2. The molecule has 0 spiro atoms. The quantitative estimate of drug-likeness (QED) is 0.646. The molecule has 1 unspecified atom stereocenters. The van der Waals surface area contributed by atoms with Crippen LogP contribution in [0.4, 0.5) is 0 Å². The molecule has 2 N–H and O–H groups in total. The number of nitrogens with two attached hydrogens (primary N) is 1. The summed E-state index contributed by atoms with van der Waals surface area (Å²) in [6.45, 7) is 5.81. The monoisotopic (exact) mass is 438 g/mol. The van der Waals surface area contributed by atoms with Gasteiger partial charge < -0.3 is 19.9 Å². The number of benzene rings is 2. The van der Waals surface area contributed by atoms with Gasteiger partial charge in [0.2, 0.25) is 5.88 Å². The van der Waals surface area contributed by atoms with E-state index in [2.05, 4.69) is 6.07 Å². The van der Waals surface area contributed by atoms with Gasteiger partial charge in [-0.1, -0.05) is 41.4 Å². The minimum Gasteiger partial charge on any atom is -0.489 e. The maximum atomic E-state index is 12.8. The number of ether oxygens (including phenoxy) is 3. The van der Waals surface area contributed by atoms with E-state index in [1.54, 1.807) is 32.0 Å². The molecule has 0 saturated carbocycles. The molecule has 0 amide bonds. The Bertz CT molecular complexity index is 1100. The number of esters is 1. The van der Waals surface area contributed by atoms with E-state index < -0.39 is 11.9 Å². The molecule has 1 aliphatic heterocycles. The van der Waals surface area contributed by atoms with Gasteiger partial charge >= 0.3 is 5.97 Å². The van der Waals surface area contributed by atoms with Gasteiger partial charge in [0.05, 0.1) is 18.1 Å². The first-order chi connectivity index (χ1) is 14.8. The molecule has 7 heteroatoms. The van der Waals surface area contributed by atoms with Gasteiger partial charge in [0.15, 0.2) is 0 Å². The molecule has 0 bridgehead atoms. The Kier molecular flexibility index (Phi) is 6.88. The zero-order chi connectivity index (χ0) is 22.5. The Morgan fingerprint density at radius 1 is 1.23 bits per heavy atom. The summed E-state index contributed by atoms with van der Waals surface area (Å²) < 4.78 is 16.8. The fraction of sp³-hybridized carbons (Fsp3) is 0.250. The summed E-state index contributed by atoms with van der Waals surface area (Å²) in [6, 6.07) is 15.1. The topological polar surface area (TPSA) is 94.6 Å². The molecule has 0 fully saturated rings. The lowest BCUT2D eigenvalue weighted by atomic mass is 9.82. The molecule has 0 aromatic heterocycles. The number of aryl methyl sites for hydroxylation is 1. The molecular formula is C24H23ClN2O4. The first-order valence-electron chi connectivity index (χ1n) is 9.79. The summed E-state index contributed by atoms with van der Waals surface area (Å²) in [4.78, 5) is 12.8. The van der Waals surface area contributed by atoms with E-state index in [4.69, 9.17) is 31.5 Å². The standard InChI is InChI=1S/C24H23ClN2O4/c1-4-29-24(28)21-15(3)31-23(27)19(12-26)22(21)18-11-17(25)9-10-20(18)30-13-16-7-5-14(2)6-8-16/h5-11,22H,4,13,27H2,1-3H3. The van der Waals surface area contributed by atoms with E-state index in [0.29, 0.717) is 22.9 Å². The highest BCUT2D eigenvalue weighted by Gasteiger charge is 2.38. The number of allylic oxidation sites excluding steroid dienone is 2. The van der Waals surface area contributed by atoms with Crippen LogP contribution in [0.25, 0.3) is 0 Å². The normalized spacial score (nSPS) is 15.9. The third-order valence-corrected chi connectivity index (χ3v) is 5.13. The molecule has 160 valence electrons. The zero-order valence-corrected chi connectivity index (χ0v) is 18.3. The van der Waals surface area contributed by atoms with E-state index >= 15 is 0 Å². The van der Waals surface area contributed by atoms with Crippen LogP contribution in [-0.4, -0.2) is 12.6 Å². The van der Waals surface area contributed by atoms with Crippen LogP contribution in [-0.2, 0) is 20.9 Å². The summed E-state index contributed by atoms with van der Waals surface area (Å²) in [5.74, 6) is -0.738. The lowest BCUT2D eigenvalue weighted by molar-refractivity contribution is -0.139. The molecule has 0 aliphatic carbocycles. The van der Waals surface area contributed by atoms with Crippen LogP contribution < -0.4 is 10.5 Å². The van der Waals surface area contributed by atoms with Crippen molar-refractivity contribution in [3.8, 4) is 11.8 Å². The van der Waals surface area contributed by atoms with Crippen molar-refractivity contribution in [2.24, 2.45) is 5.73 Å². The highest BCUT2D eigenvalue weighted by Crippen LogP contribution is 2.44. The number of nitrogens with zero attached hydrogens (tertiary/aromatic N) is 1. The van der Waals surface area contributed by atoms with E-state index in [0.717, 1.165) is 11.1 Å². The van der Waals surface area contributed by atoms with Crippen molar-refractivity contribution in [3.63, 3.8) is 0 Å². The van der Waals surface area contributed by atoms with Crippen molar-refractivity contribution in [2.75, 3.05) is 6.61 Å². The van der Waals surface area contributed by atoms with Crippen molar-refractivity contribution >= 4 is 17.6 Å². The van der Waals surface area contributed by atoms with Crippen LogP contribution in [0.15, 0.2) is 65.3 Å². The Morgan fingerprint density at radius 3 is 2.58 bits per heavy atom.